The largest absolute Gasteiger partial charge is 0.273 e. The highest BCUT2D eigenvalue weighted by molar-refractivity contribution is 5.99. The number of fused-ring (bicyclic) bond motifs is 1. The van der Waals surface area contributed by atoms with E-state index in [1.54, 1.807) is 6.21 Å². The molecule has 3 aromatic carbocycles. The Morgan fingerprint density at radius 3 is 2.38 bits per heavy atom. The van der Waals surface area contributed by atoms with Gasteiger partial charge in [-0.15, -0.1) is 0 Å². The van der Waals surface area contributed by atoms with E-state index >= 15 is 0 Å². The molecule has 3 heteroatoms. The highest BCUT2D eigenvalue weighted by Crippen LogP contribution is 2.22. The van der Waals surface area contributed by atoms with Gasteiger partial charge in [0, 0.05) is 5.56 Å². The fraction of sp³-hybridized carbons (Fsp3) is 0.217. The van der Waals surface area contributed by atoms with Crippen molar-refractivity contribution in [2.24, 2.45) is 5.10 Å². The SMILES string of the molecule is CC(C)(C)c1ccc(CC(=O)N/N=C\c2cccc3ccccc23)cc1. The van der Waals surface area contributed by atoms with Crippen LogP contribution in [-0.2, 0) is 16.6 Å². The van der Waals surface area contributed by atoms with Gasteiger partial charge >= 0.3 is 0 Å². The molecule has 0 spiro atoms. The molecule has 0 bridgehead atoms. The number of nitrogens with zero attached hydrogens (tertiary/aromatic N) is 1. The van der Waals surface area contributed by atoms with Gasteiger partial charge in [-0.3, -0.25) is 4.79 Å². The highest BCUT2D eigenvalue weighted by Gasteiger charge is 2.13. The summed E-state index contributed by atoms with van der Waals surface area (Å²) in [6, 6.07) is 22.3. The van der Waals surface area contributed by atoms with E-state index in [0.29, 0.717) is 6.42 Å². The molecule has 0 aliphatic heterocycles. The zero-order chi connectivity index (χ0) is 18.6. The van der Waals surface area contributed by atoms with Crippen LogP contribution in [0.5, 0.6) is 0 Å². The predicted molar refractivity (Wildman–Crippen MR) is 109 cm³/mol. The van der Waals surface area contributed by atoms with Gasteiger partial charge in [0.15, 0.2) is 0 Å². The number of hydrogen-bond donors (Lipinski definition) is 1. The summed E-state index contributed by atoms with van der Waals surface area (Å²) in [7, 11) is 0. The Hall–Kier alpha value is -2.94. The summed E-state index contributed by atoms with van der Waals surface area (Å²) >= 11 is 0. The minimum absolute atomic E-state index is 0.115. The van der Waals surface area contributed by atoms with Crippen molar-refractivity contribution in [2.75, 3.05) is 0 Å². The Bertz CT molecular complexity index is 929. The molecule has 132 valence electrons. The van der Waals surface area contributed by atoms with E-state index in [-0.39, 0.29) is 11.3 Å². The maximum absolute atomic E-state index is 12.1. The first-order valence-electron chi connectivity index (χ1n) is 8.82. The molecular formula is C23H24N2O. The van der Waals surface area contributed by atoms with Crippen molar-refractivity contribution in [3.8, 4) is 0 Å². The number of benzene rings is 3. The average molecular weight is 344 g/mol. The summed E-state index contributed by atoms with van der Waals surface area (Å²) in [5, 5.41) is 6.39. The summed E-state index contributed by atoms with van der Waals surface area (Å²) < 4.78 is 0. The van der Waals surface area contributed by atoms with Crippen molar-refractivity contribution in [3.63, 3.8) is 0 Å². The quantitative estimate of drug-likeness (QED) is 0.534. The fourth-order valence-corrected chi connectivity index (χ4v) is 2.88. The number of amides is 1. The maximum Gasteiger partial charge on any atom is 0.244 e. The van der Waals surface area contributed by atoms with Gasteiger partial charge in [0.2, 0.25) is 5.91 Å². The monoisotopic (exact) mass is 344 g/mol. The second-order valence-corrected chi connectivity index (χ2v) is 7.49. The Kier molecular flexibility index (Phi) is 5.17. The van der Waals surface area contributed by atoms with Crippen molar-refractivity contribution in [3.05, 3.63) is 83.4 Å². The van der Waals surface area contributed by atoms with Gasteiger partial charge in [0.05, 0.1) is 12.6 Å². The molecule has 0 saturated carbocycles. The molecule has 0 fully saturated rings. The van der Waals surface area contributed by atoms with Crippen LogP contribution in [0, 0.1) is 0 Å². The van der Waals surface area contributed by atoms with Gasteiger partial charge in [0.1, 0.15) is 0 Å². The molecule has 0 aliphatic carbocycles. The van der Waals surface area contributed by atoms with Gasteiger partial charge in [-0.1, -0.05) is 87.5 Å². The van der Waals surface area contributed by atoms with E-state index in [1.807, 2.05) is 36.4 Å². The molecule has 0 saturated heterocycles. The zero-order valence-electron chi connectivity index (χ0n) is 15.5. The zero-order valence-corrected chi connectivity index (χ0v) is 15.5. The van der Waals surface area contributed by atoms with Crippen LogP contribution in [0.4, 0.5) is 0 Å². The molecule has 3 rings (SSSR count). The van der Waals surface area contributed by atoms with Crippen molar-refractivity contribution < 1.29 is 4.79 Å². The molecule has 1 N–H and O–H groups in total. The molecular weight excluding hydrogens is 320 g/mol. The predicted octanol–water partition coefficient (Wildman–Crippen LogP) is 4.83. The second kappa shape index (κ2) is 7.52. The van der Waals surface area contributed by atoms with Crippen LogP contribution >= 0.6 is 0 Å². The number of carbonyl (C=O) groups excluding carboxylic acids is 1. The maximum atomic E-state index is 12.1. The van der Waals surface area contributed by atoms with Crippen molar-refractivity contribution in [1.29, 1.82) is 0 Å². The van der Waals surface area contributed by atoms with Crippen LogP contribution in [0.3, 0.4) is 0 Å². The Balaban J connectivity index is 1.62. The molecule has 26 heavy (non-hydrogen) atoms. The van der Waals surface area contributed by atoms with Gasteiger partial charge < -0.3 is 0 Å². The molecule has 0 aromatic heterocycles. The molecule has 3 nitrogen and oxygen atoms in total. The Labute approximate surface area is 154 Å². The van der Waals surface area contributed by atoms with Gasteiger partial charge in [-0.05, 0) is 27.3 Å². The molecule has 0 unspecified atom stereocenters. The standard InChI is InChI=1S/C23H24N2O/c1-23(2,3)20-13-11-17(12-14-20)15-22(26)25-24-16-19-9-6-8-18-7-4-5-10-21(18)19/h4-14,16H,15H2,1-3H3,(H,25,26)/b24-16-. The third-order valence-corrected chi connectivity index (χ3v) is 4.40. The Morgan fingerprint density at radius 2 is 1.65 bits per heavy atom. The van der Waals surface area contributed by atoms with Gasteiger partial charge in [-0.25, -0.2) is 5.43 Å². The van der Waals surface area contributed by atoms with E-state index in [1.165, 1.54) is 5.56 Å². The van der Waals surface area contributed by atoms with E-state index < -0.39 is 0 Å². The number of hydrazone groups is 1. The summed E-state index contributed by atoms with van der Waals surface area (Å²) in [5.74, 6) is -0.120. The molecule has 3 aromatic rings. The second-order valence-electron chi connectivity index (χ2n) is 7.49. The fourth-order valence-electron chi connectivity index (χ4n) is 2.88. The van der Waals surface area contributed by atoms with Gasteiger partial charge in [-0.2, -0.15) is 5.10 Å². The molecule has 0 radical (unpaired) electrons. The first-order valence-corrected chi connectivity index (χ1v) is 8.82. The van der Waals surface area contributed by atoms with Crippen LogP contribution in [0.1, 0.15) is 37.5 Å². The summed E-state index contributed by atoms with van der Waals surface area (Å²) in [6.45, 7) is 6.53. The topological polar surface area (TPSA) is 41.5 Å². The van der Waals surface area contributed by atoms with E-state index in [2.05, 4.69) is 61.6 Å². The van der Waals surface area contributed by atoms with Crippen molar-refractivity contribution in [1.82, 2.24) is 5.43 Å². The highest BCUT2D eigenvalue weighted by atomic mass is 16.2. The van der Waals surface area contributed by atoms with Crippen LogP contribution in [-0.4, -0.2) is 12.1 Å². The number of rotatable bonds is 4. The first kappa shape index (κ1) is 17.9. The smallest absolute Gasteiger partial charge is 0.244 e. The van der Waals surface area contributed by atoms with Crippen LogP contribution in [0.2, 0.25) is 0 Å². The minimum atomic E-state index is -0.120. The molecule has 0 heterocycles. The number of nitrogens with one attached hydrogen (secondary N) is 1. The van der Waals surface area contributed by atoms with E-state index in [4.69, 9.17) is 0 Å². The third-order valence-electron chi connectivity index (χ3n) is 4.40. The summed E-state index contributed by atoms with van der Waals surface area (Å²) in [6.07, 6.45) is 2.01. The van der Waals surface area contributed by atoms with Crippen LogP contribution < -0.4 is 5.43 Å². The lowest BCUT2D eigenvalue weighted by Crippen LogP contribution is -2.20. The van der Waals surface area contributed by atoms with Crippen molar-refractivity contribution >= 4 is 22.9 Å². The lowest BCUT2D eigenvalue weighted by Gasteiger charge is -2.19. The Morgan fingerprint density at radius 1 is 0.962 bits per heavy atom. The van der Waals surface area contributed by atoms with E-state index in [9.17, 15) is 4.79 Å². The van der Waals surface area contributed by atoms with Crippen LogP contribution in [0.25, 0.3) is 10.8 Å². The average Bonchev–Trinajstić information content (AvgIpc) is 2.61. The lowest BCUT2D eigenvalue weighted by atomic mass is 9.86. The van der Waals surface area contributed by atoms with E-state index in [0.717, 1.165) is 21.9 Å². The van der Waals surface area contributed by atoms with Gasteiger partial charge in [0.25, 0.3) is 0 Å². The first-order chi connectivity index (χ1) is 12.4. The van der Waals surface area contributed by atoms with Crippen molar-refractivity contribution in [2.45, 2.75) is 32.6 Å². The van der Waals surface area contributed by atoms with Crippen LogP contribution in [0.15, 0.2) is 71.8 Å². The third kappa shape index (κ3) is 4.37. The molecule has 1 amide bonds. The lowest BCUT2D eigenvalue weighted by molar-refractivity contribution is -0.120. The normalized spacial score (nSPS) is 11.8. The number of hydrogen-bond acceptors (Lipinski definition) is 2. The number of carbonyl (C=O) groups is 1. The molecule has 0 aliphatic rings. The summed E-state index contributed by atoms with van der Waals surface area (Å²) in [4.78, 5) is 12.1. The summed E-state index contributed by atoms with van der Waals surface area (Å²) in [5.41, 5.74) is 5.96. The molecule has 0 atom stereocenters. The minimum Gasteiger partial charge on any atom is -0.273 e.